The van der Waals surface area contributed by atoms with Crippen LogP contribution in [0.25, 0.3) is 6.08 Å². The standard InChI is InChI=1S/C15H14FNO4S/c16-13-4-1-12(2-5-13)10-17-22(20,21)8-7-11-3-6-14(18)15(19)9-11/h1-9,17-19H,10H2/b8-7+. The zero-order valence-electron chi connectivity index (χ0n) is 11.4. The molecule has 116 valence electrons. The Bertz CT molecular complexity index is 786. The van der Waals surface area contributed by atoms with Crippen molar-refractivity contribution in [3.05, 3.63) is 64.8 Å². The van der Waals surface area contributed by atoms with Crippen LogP contribution in [0.15, 0.2) is 47.9 Å². The molecule has 0 saturated carbocycles. The van der Waals surface area contributed by atoms with E-state index < -0.39 is 15.8 Å². The first-order valence-electron chi connectivity index (χ1n) is 6.30. The monoisotopic (exact) mass is 323 g/mol. The van der Waals surface area contributed by atoms with Crippen molar-refractivity contribution in [2.24, 2.45) is 0 Å². The number of hydrogen-bond acceptors (Lipinski definition) is 4. The lowest BCUT2D eigenvalue weighted by Gasteiger charge is -2.03. The Kier molecular flexibility index (Phi) is 4.79. The molecule has 0 aromatic heterocycles. The fourth-order valence-electron chi connectivity index (χ4n) is 1.65. The molecule has 5 nitrogen and oxygen atoms in total. The van der Waals surface area contributed by atoms with Crippen molar-refractivity contribution >= 4 is 16.1 Å². The summed E-state index contributed by atoms with van der Waals surface area (Å²) in [6, 6.07) is 9.42. The average molecular weight is 323 g/mol. The van der Waals surface area contributed by atoms with Crippen molar-refractivity contribution in [2.75, 3.05) is 0 Å². The highest BCUT2D eigenvalue weighted by atomic mass is 32.2. The van der Waals surface area contributed by atoms with Gasteiger partial charge in [-0.3, -0.25) is 0 Å². The van der Waals surface area contributed by atoms with Crippen molar-refractivity contribution < 1.29 is 23.0 Å². The van der Waals surface area contributed by atoms with Gasteiger partial charge in [0.15, 0.2) is 11.5 Å². The van der Waals surface area contributed by atoms with E-state index in [9.17, 15) is 23.0 Å². The fraction of sp³-hybridized carbons (Fsp3) is 0.0667. The average Bonchev–Trinajstić information content (AvgIpc) is 2.48. The summed E-state index contributed by atoms with van der Waals surface area (Å²) in [5, 5.41) is 19.4. The second kappa shape index (κ2) is 6.59. The van der Waals surface area contributed by atoms with E-state index >= 15 is 0 Å². The number of aromatic hydroxyl groups is 2. The third-order valence-corrected chi connectivity index (χ3v) is 3.87. The second-order valence-electron chi connectivity index (χ2n) is 4.54. The maximum Gasteiger partial charge on any atom is 0.234 e. The Labute approximate surface area is 127 Å². The minimum atomic E-state index is -3.68. The summed E-state index contributed by atoms with van der Waals surface area (Å²) >= 11 is 0. The number of halogens is 1. The molecule has 2 aromatic carbocycles. The Hall–Kier alpha value is -2.38. The minimum absolute atomic E-state index is 0.0355. The van der Waals surface area contributed by atoms with Gasteiger partial charge in [0.2, 0.25) is 10.0 Å². The topological polar surface area (TPSA) is 86.6 Å². The smallest absolute Gasteiger partial charge is 0.234 e. The maximum atomic E-state index is 12.7. The number of phenolic OH excluding ortho intramolecular Hbond substituents is 2. The van der Waals surface area contributed by atoms with E-state index in [1.54, 1.807) is 0 Å². The van der Waals surface area contributed by atoms with Crippen LogP contribution in [-0.4, -0.2) is 18.6 Å². The van der Waals surface area contributed by atoms with Gasteiger partial charge in [0.25, 0.3) is 0 Å². The highest BCUT2D eigenvalue weighted by molar-refractivity contribution is 7.92. The molecule has 0 atom stereocenters. The van der Waals surface area contributed by atoms with Crippen LogP contribution < -0.4 is 4.72 Å². The molecule has 0 fully saturated rings. The van der Waals surface area contributed by atoms with Gasteiger partial charge in [0.05, 0.1) is 0 Å². The van der Waals surface area contributed by atoms with Gasteiger partial charge in [-0.15, -0.1) is 0 Å². The molecule has 0 bridgehead atoms. The lowest BCUT2D eigenvalue weighted by Crippen LogP contribution is -2.20. The molecule has 0 aliphatic carbocycles. The van der Waals surface area contributed by atoms with Crippen LogP contribution in [0.3, 0.4) is 0 Å². The number of nitrogens with one attached hydrogen (secondary N) is 1. The quantitative estimate of drug-likeness (QED) is 0.737. The lowest BCUT2D eigenvalue weighted by atomic mass is 10.2. The van der Waals surface area contributed by atoms with Crippen molar-refractivity contribution in [3.63, 3.8) is 0 Å². The fourth-order valence-corrected chi connectivity index (χ4v) is 2.45. The molecule has 7 heteroatoms. The molecular formula is C15H14FNO4S. The van der Waals surface area contributed by atoms with Gasteiger partial charge in [-0.2, -0.15) is 0 Å². The van der Waals surface area contributed by atoms with Crippen LogP contribution in [0.4, 0.5) is 4.39 Å². The summed E-state index contributed by atoms with van der Waals surface area (Å²) in [7, 11) is -3.68. The van der Waals surface area contributed by atoms with E-state index in [0.29, 0.717) is 11.1 Å². The van der Waals surface area contributed by atoms with E-state index in [-0.39, 0.29) is 18.0 Å². The predicted molar refractivity (Wildman–Crippen MR) is 81.0 cm³/mol. The molecule has 0 unspecified atom stereocenters. The zero-order valence-corrected chi connectivity index (χ0v) is 12.2. The van der Waals surface area contributed by atoms with Gasteiger partial charge < -0.3 is 10.2 Å². The third kappa shape index (κ3) is 4.57. The van der Waals surface area contributed by atoms with Crippen molar-refractivity contribution in [2.45, 2.75) is 6.54 Å². The van der Waals surface area contributed by atoms with Crippen LogP contribution in [0.1, 0.15) is 11.1 Å². The molecule has 2 aromatic rings. The largest absolute Gasteiger partial charge is 0.504 e. The number of sulfonamides is 1. The van der Waals surface area contributed by atoms with Gasteiger partial charge in [0, 0.05) is 12.0 Å². The van der Waals surface area contributed by atoms with Gasteiger partial charge in [0.1, 0.15) is 5.82 Å². The molecule has 0 aliphatic rings. The van der Waals surface area contributed by atoms with E-state index in [0.717, 1.165) is 5.41 Å². The molecule has 0 spiro atoms. The third-order valence-electron chi connectivity index (χ3n) is 2.83. The van der Waals surface area contributed by atoms with Gasteiger partial charge in [-0.05, 0) is 41.5 Å². The summed E-state index contributed by atoms with van der Waals surface area (Å²) in [5.74, 6) is -1.01. The summed E-state index contributed by atoms with van der Waals surface area (Å²) in [6.45, 7) is 0.0355. The molecule has 22 heavy (non-hydrogen) atoms. The number of benzene rings is 2. The highest BCUT2D eigenvalue weighted by Crippen LogP contribution is 2.25. The predicted octanol–water partition coefficient (Wildman–Crippen LogP) is 2.33. The van der Waals surface area contributed by atoms with Crippen LogP contribution in [0.5, 0.6) is 11.5 Å². The van der Waals surface area contributed by atoms with Gasteiger partial charge in [-0.1, -0.05) is 18.2 Å². The molecule has 0 saturated heterocycles. The summed E-state index contributed by atoms with van der Waals surface area (Å²) in [6.07, 6.45) is 1.28. The van der Waals surface area contributed by atoms with E-state index in [2.05, 4.69) is 4.72 Å². The molecule has 3 N–H and O–H groups in total. The van der Waals surface area contributed by atoms with Gasteiger partial charge in [-0.25, -0.2) is 17.5 Å². The number of hydrogen-bond donors (Lipinski definition) is 3. The molecule has 0 amide bonds. The SMILES string of the molecule is O=S(=O)(/C=C/c1ccc(O)c(O)c1)NCc1ccc(F)cc1. The lowest BCUT2D eigenvalue weighted by molar-refractivity contribution is 0.403. The minimum Gasteiger partial charge on any atom is -0.504 e. The second-order valence-corrected chi connectivity index (χ2v) is 6.19. The molecule has 0 aliphatic heterocycles. The first-order valence-corrected chi connectivity index (χ1v) is 7.84. The Morgan fingerprint density at radius 3 is 2.36 bits per heavy atom. The molecule has 0 radical (unpaired) electrons. The van der Waals surface area contributed by atoms with Crippen molar-refractivity contribution in [1.82, 2.24) is 4.72 Å². The van der Waals surface area contributed by atoms with Crippen LogP contribution in [-0.2, 0) is 16.6 Å². The molecule has 2 rings (SSSR count). The summed E-state index contributed by atoms with van der Waals surface area (Å²) in [5.41, 5.74) is 1.04. The molecular weight excluding hydrogens is 309 g/mol. The maximum absolute atomic E-state index is 12.7. The van der Waals surface area contributed by atoms with Gasteiger partial charge >= 0.3 is 0 Å². The highest BCUT2D eigenvalue weighted by Gasteiger charge is 2.06. The summed E-state index contributed by atoms with van der Waals surface area (Å²) < 4.78 is 38.7. The van der Waals surface area contributed by atoms with Crippen LogP contribution in [0, 0.1) is 5.82 Å². The Balaban J connectivity index is 2.02. The number of phenols is 2. The van der Waals surface area contributed by atoms with E-state index in [1.807, 2.05) is 0 Å². The first-order chi connectivity index (χ1) is 10.4. The van der Waals surface area contributed by atoms with Crippen molar-refractivity contribution in [3.8, 4) is 11.5 Å². The number of rotatable bonds is 5. The summed E-state index contributed by atoms with van der Waals surface area (Å²) in [4.78, 5) is 0. The van der Waals surface area contributed by atoms with Crippen LogP contribution >= 0.6 is 0 Å². The van der Waals surface area contributed by atoms with E-state index in [4.69, 9.17) is 0 Å². The first kappa shape index (κ1) is 16.0. The zero-order chi connectivity index (χ0) is 16.2. The Morgan fingerprint density at radius 1 is 1.05 bits per heavy atom. The normalized spacial score (nSPS) is 11.9. The van der Waals surface area contributed by atoms with E-state index in [1.165, 1.54) is 48.5 Å². The Morgan fingerprint density at radius 2 is 1.73 bits per heavy atom. The van der Waals surface area contributed by atoms with Crippen molar-refractivity contribution in [1.29, 1.82) is 0 Å². The van der Waals surface area contributed by atoms with Crippen LogP contribution in [0.2, 0.25) is 0 Å². The molecule has 0 heterocycles.